The van der Waals surface area contributed by atoms with Crippen LogP contribution in [0.3, 0.4) is 0 Å². The van der Waals surface area contributed by atoms with Gasteiger partial charge < -0.3 is 0 Å². The van der Waals surface area contributed by atoms with Crippen LogP contribution in [0.1, 0.15) is 55.0 Å². The van der Waals surface area contributed by atoms with E-state index in [0.717, 1.165) is 24.2 Å². The van der Waals surface area contributed by atoms with Gasteiger partial charge in [0.15, 0.2) is 11.5 Å². The Labute approximate surface area is 153 Å². The number of halogens is 1. The Morgan fingerprint density at radius 3 is 2.52 bits per heavy atom. The van der Waals surface area contributed by atoms with Gasteiger partial charge >= 0.3 is 0 Å². The zero-order valence-corrected chi connectivity index (χ0v) is 15.8. The summed E-state index contributed by atoms with van der Waals surface area (Å²) < 4.78 is 1.72. The van der Waals surface area contributed by atoms with Crippen molar-refractivity contribution >= 4 is 17.5 Å². The van der Waals surface area contributed by atoms with Crippen LogP contribution < -0.4 is 5.43 Å². The smallest absolute Gasteiger partial charge is 0.283 e. The first-order valence-electron chi connectivity index (χ1n) is 8.66. The van der Waals surface area contributed by atoms with Crippen LogP contribution in [-0.4, -0.2) is 37.8 Å². The van der Waals surface area contributed by atoms with Gasteiger partial charge in [-0.25, -0.2) is 14.7 Å². The average molecular weight is 362 g/mol. The highest BCUT2D eigenvalue weighted by atomic mass is 35.5. The molecule has 0 aromatic carbocycles. The normalized spacial score (nSPS) is 21.3. The van der Waals surface area contributed by atoms with E-state index in [1.54, 1.807) is 16.8 Å². The second-order valence-corrected chi connectivity index (χ2v) is 7.22. The lowest BCUT2D eigenvalue weighted by Gasteiger charge is -2.38. The molecule has 2 aromatic heterocycles. The second-order valence-electron chi connectivity index (χ2n) is 6.82. The van der Waals surface area contributed by atoms with E-state index in [4.69, 9.17) is 11.6 Å². The number of aryl methyl sites for hydroxylation is 2. The average Bonchev–Trinajstić information content (AvgIpc) is 2.90. The van der Waals surface area contributed by atoms with Crippen molar-refractivity contribution in [1.29, 1.82) is 0 Å². The standard InChI is InChI=1S/C18H24ClN5O/c1-11-10-14(4)24(21-11)16-9-8-15(19)17(20-16)18(25)22-23-12(2)6-5-7-13(23)3/h8-10,12-13H,5-7H2,1-4H3,(H,22,25). The number of aromatic nitrogens is 3. The van der Waals surface area contributed by atoms with Gasteiger partial charge in [-0.05, 0) is 58.7 Å². The van der Waals surface area contributed by atoms with Crippen molar-refractivity contribution in [3.8, 4) is 5.82 Å². The highest BCUT2D eigenvalue weighted by Crippen LogP contribution is 2.22. The van der Waals surface area contributed by atoms with Crippen molar-refractivity contribution in [2.75, 3.05) is 0 Å². The van der Waals surface area contributed by atoms with Gasteiger partial charge in [-0.1, -0.05) is 18.0 Å². The van der Waals surface area contributed by atoms with Crippen LogP contribution in [-0.2, 0) is 0 Å². The van der Waals surface area contributed by atoms with Crippen LogP contribution in [0.25, 0.3) is 5.82 Å². The van der Waals surface area contributed by atoms with Crippen molar-refractivity contribution in [2.24, 2.45) is 0 Å². The number of amides is 1. The number of hydrogen-bond acceptors (Lipinski definition) is 4. The van der Waals surface area contributed by atoms with E-state index in [-0.39, 0.29) is 11.6 Å². The van der Waals surface area contributed by atoms with Gasteiger partial charge in [0, 0.05) is 17.8 Å². The molecule has 134 valence electrons. The number of pyridine rings is 1. The van der Waals surface area contributed by atoms with Crippen LogP contribution in [0.4, 0.5) is 0 Å². The van der Waals surface area contributed by atoms with Crippen molar-refractivity contribution in [2.45, 2.75) is 59.0 Å². The van der Waals surface area contributed by atoms with Gasteiger partial charge in [-0.3, -0.25) is 10.2 Å². The van der Waals surface area contributed by atoms with Crippen LogP contribution in [0.2, 0.25) is 5.02 Å². The topological polar surface area (TPSA) is 63.1 Å². The molecule has 2 atom stereocenters. The van der Waals surface area contributed by atoms with Gasteiger partial charge in [0.25, 0.3) is 5.91 Å². The molecule has 1 saturated heterocycles. The van der Waals surface area contributed by atoms with E-state index in [9.17, 15) is 4.79 Å². The van der Waals surface area contributed by atoms with Crippen LogP contribution in [0.5, 0.6) is 0 Å². The summed E-state index contributed by atoms with van der Waals surface area (Å²) in [6, 6.07) is 6.02. The van der Waals surface area contributed by atoms with E-state index in [1.807, 2.05) is 24.9 Å². The SMILES string of the molecule is Cc1cc(C)n(-c2ccc(Cl)c(C(=O)NN3C(C)CCCC3C)n2)n1. The lowest BCUT2D eigenvalue weighted by Crippen LogP contribution is -2.54. The molecule has 7 heteroatoms. The highest BCUT2D eigenvalue weighted by Gasteiger charge is 2.27. The summed E-state index contributed by atoms with van der Waals surface area (Å²) in [6.45, 7) is 8.12. The first-order valence-corrected chi connectivity index (χ1v) is 9.04. The summed E-state index contributed by atoms with van der Waals surface area (Å²) in [5, 5.41) is 6.77. The predicted octanol–water partition coefficient (Wildman–Crippen LogP) is 3.45. The molecule has 3 rings (SSSR count). The molecule has 0 spiro atoms. The molecule has 1 amide bonds. The molecule has 0 radical (unpaired) electrons. The molecule has 1 N–H and O–H groups in total. The fraction of sp³-hybridized carbons (Fsp3) is 0.500. The maximum Gasteiger partial charge on any atom is 0.285 e. The van der Waals surface area contributed by atoms with Gasteiger partial charge in [0.05, 0.1) is 10.7 Å². The maximum absolute atomic E-state index is 12.8. The number of hydrazine groups is 1. The third-order valence-corrected chi connectivity index (χ3v) is 5.00. The Balaban J connectivity index is 1.87. The van der Waals surface area contributed by atoms with Crippen LogP contribution in [0, 0.1) is 13.8 Å². The molecule has 2 unspecified atom stereocenters. The number of carbonyl (C=O) groups excluding carboxylic acids is 1. The van der Waals surface area contributed by atoms with Gasteiger partial charge in [-0.2, -0.15) is 5.10 Å². The number of rotatable bonds is 3. The Morgan fingerprint density at radius 1 is 1.24 bits per heavy atom. The van der Waals surface area contributed by atoms with Gasteiger partial charge in [0.2, 0.25) is 0 Å². The zero-order valence-electron chi connectivity index (χ0n) is 15.1. The molecular weight excluding hydrogens is 338 g/mol. The fourth-order valence-corrected chi connectivity index (χ4v) is 3.57. The predicted molar refractivity (Wildman–Crippen MR) is 97.9 cm³/mol. The molecule has 1 aliphatic rings. The highest BCUT2D eigenvalue weighted by molar-refractivity contribution is 6.33. The Morgan fingerprint density at radius 2 is 1.92 bits per heavy atom. The minimum Gasteiger partial charge on any atom is -0.283 e. The minimum atomic E-state index is -0.283. The molecule has 2 aromatic rings. The summed E-state index contributed by atoms with van der Waals surface area (Å²) in [6.07, 6.45) is 3.32. The van der Waals surface area contributed by atoms with E-state index < -0.39 is 0 Å². The number of hydrogen-bond donors (Lipinski definition) is 1. The van der Waals surface area contributed by atoms with Gasteiger partial charge in [-0.15, -0.1) is 0 Å². The third kappa shape index (κ3) is 3.70. The lowest BCUT2D eigenvalue weighted by molar-refractivity contribution is 0.0366. The van der Waals surface area contributed by atoms with Crippen molar-refractivity contribution in [3.63, 3.8) is 0 Å². The number of carbonyl (C=O) groups is 1. The first-order chi connectivity index (χ1) is 11.9. The molecule has 1 aliphatic heterocycles. The van der Waals surface area contributed by atoms with Crippen molar-refractivity contribution in [1.82, 2.24) is 25.2 Å². The van der Waals surface area contributed by atoms with Crippen molar-refractivity contribution in [3.05, 3.63) is 40.3 Å². The van der Waals surface area contributed by atoms with Gasteiger partial charge in [0.1, 0.15) is 0 Å². The third-order valence-electron chi connectivity index (χ3n) is 4.70. The molecule has 0 saturated carbocycles. The largest absolute Gasteiger partial charge is 0.285 e. The summed E-state index contributed by atoms with van der Waals surface area (Å²) in [5.41, 5.74) is 5.07. The molecule has 6 nitrogen and oxygen atoms in total. The fourth-order valence-electron chi connectivity index (χ4n) is 3.38. The van der Waals surface area contributed by atoms with E-state index in [1.165, 1.54) is 6.42 Å². The molecular formula is C18H24ClN5O. The Kier molecular flexibility index (Phi) is 5.11. The van der Waals surface area contributed by atoms with Crippen LogP contribution >= 0.6 is 11.6 Å². The molecule has 0 bridgehead atoms. The molecule has 3 heterocycles. The quantitative estimate of drug-likeness (QED) is 0.909. The number of piperidine rings is 1. The molecule has 25 heavy (non-hydrogen) atoms. The monoisotopic (exact) mass is 361 g/mol. The summed E-state index contributed by atoms with van der Waals surface area (Å²) >= 11 is 6.24. The van der Waals surface area contributed by atoms with Crippen molar-refractivity contribution < 1.29 is 4.79 Å². The molecule has 0 aliphatic carbocycles. The van der Waals surface area contributed by atoms with E-state index in [0.29, 0.717) is 22.9 Å². The minimum absolute atomic E-state index is 0.219. The van der Waals surface area contributed by atoms with E-state index in [2.05, 4.69) is 29.4 Å². The summed E-state index contributed by atoms with van der Waals surface area (Å²) in [5.74, 6) is 0.300. The summed E-state index contributed by atoms with van der Waals surface area (Å²) in [7, 11) is 0. The lowest BCUT2D eigenvalue weighted by atomic mass is 10.00. The number of nitrogens with one attached hydrogen (secondary N) is 1. The first kappa shape index (κ1) is 17.9. The summed E-state index contributed by atoms with van der Waals surface area (Å²) in [4.78, 5) is 17.2. The van der Waals surface area contributed by atoms with E-state index >= 15 is 0 Å². The second kappa shape index (κ2) is 7.14. The molecule has 1 fully saturated rings. The maximum atomic E-state index is 12.8. The zero-order chi connectivity index (χ0) is 18.1. The number of nitrogens with zero attached hydrogens (tertiary/aromatic N) is 4. The Bertz CT molecular complexity index is 778. The van der Waals surface area contributed by atoms with Crippen LogP contribution in [0.15, 0.2) is 18.2 Å². The Hall–Kier alpha value is -1.92.